The summed E-state index contributed by atoms with van der Waals surface area (Å²) < 4.78 is 6.59. The van der Waals surface area contributed by atoms with E-state index in [1.165, 1.54) is 5.56 Å². The molecule has 1 aliphatic rings. The van der Waals surface area contributed by atoms with Crippen LogP contribution in [0.5, 0.6) is 0 Å². The van der Waals surface area contributed by atoms with Gasteiger partial charge in [0.25, 0.3) is 0 Å². The first-order valence-electron chi connectivity index (χ1n) is 7.15. The largest absolute Gasteiger partial charge is 0.339 e. The molecule has 1 aliphatic heterocycles. The molecule has 2 aromatic rings. The lowest BCUT2D eigenvalue weighted by Gasteiger charge is -2.15. The number of benzene rings is 1. The fourth-order valence-electron chi connectivity index (χ4n) is 2.56. The van der Waals surface area contributed by atoms with Crippen LogP contribution in [-0.4, -0.2) is 34.2 Å². The van der Waals surface area contributed by atoms with E-state index in [0.717, 1.165) is 34.2 Å². The number of thioether (sulfide) groups is 1. The summed E-state index contributed by atoms with van der Waals surface area (Å²) >= 11 is 5.50. The molecule has 6 heteroatoms. The molecule has 112 valence electrons. The fraction of sp³-hybridized carbons (Fsp3) is 0.467. The number of halogens is 1. The molecule has 0 spiro atoms. The van der Waals surface area contributed by atoms with Crippen LogP contribution in [0.4, 0.5) is 0 Å². The Bertz CT molecular complexity index is 604. The molecule has 2 atom stereocenters. The Morgan fingerprint density at radius 2 is 2.24 bits per heavy atom. The van der Waals surface area contributed by atoms with Crippen LogP contribution in [0.15, 0.2) is 33.3 Å². The van der Waals surface area contributed by atoms with E-state index in [0.29, 0.717) is 18.4 Å². The second-order valence-electron chi connectivity index (χ2n) is 5.13. The minimum atomic E-state index is 0.329. The Morgan fingerprint density at radius 3 is 3.05 bits per heavy atom. The zero-order valence-electron chi connectivity index (χ0n) is 11.9. The van der Waals surface area contributed by atoms with Crippen LogP contribution < -0.4 is 5.32 Å². The van der Waals surface area contributed by atoms with Gasteiger partial charge < -0.3 is 9.84 Å². The van der Waals surface area contributed by atoms with Gasteiger partial charge in [-0.05, 0) is 18.2 Å². The van der Waals surface area contributed by atoms with E-state index in [4.69, 9.17) is 4.52 Å². The van der Waals surface area contributed by atoms with E-state index < -0.39 is 0 Å². The summed E-state index contributed by atoms with van der Waals surface area (Å²) in [7, 11) is 0. The molecule has 1 aromatic heterocycles. The van der Waals surface area contributed by atoms with Crippen molar-refractivity contribution in [1.29, 1.82) is 0 Å². The van der Waals surface area contributed by atoms with Gasteiger partial charge in [-0.25, -0.2) is 0 Å². The van der Waals surface area contributed by atoms with Gasteiger partial charge in [-0.3, -0.25) is 0 Å². The molecule has 1 aromatic carbocycles. The van der Waals surface area contributed by atoms with Crippen molar-refractivity contribution in [2.24, 2.45) is 0 Å². The zero-order chi connectivity index (χ0) is 14.7. The van der Waals surface area contributed by atoms with Gasteiger partial charge in [0.1, 0.15) is 0 Å². The molecule has 1 N–H and O–H groups in total. The minimum absolute atomic E-state index is 0.329. The molecule has 1 saturated heterocycles. The molecular weight excluding hydrogens is 350 g/mol. The number of aromatic nitrogens is 2. The third-order valence-corrected chi connectivity index (χ3v) is 5.62. The summed E-state index contributed by atoms with van der Waals surface area (Å²) in [5.74, 6) is 4.02. The molecule has 0 bridgehead atoms. The highest BCUT2D eigenvalue weighted by atomic mass is 79.9. The van der Waals surface area contributed by atoms with Crippen molar-refractivity contribution in [2.45, 2.75) is 25.3 Å². The van der Waals surface area contributed by atoms with Crippen molar-refractivity contribution in [2.75, 3.05) is 18.1 Å². The lowest BCUT2D eigenvalue weighted by atomic mass is 10.0. The van der Waals surface area contributed by atoms with Crippen LogP contribution in [0.3, 0.4) is 0 Å². The molecule has 4 nitrogen and oxygen atoms in total. The van der Waals surface area contributed by atoms with Gasteiger partial charge >= 0.3 is 0 Å². The monoisotopic (exact) mass is 367 g/mol. The van der Waals surface area contributed by atoms with Crippen LogP contribution in [0, 0.1) is 0 Å². The SMILES string of the molecule is CCNC1CSCC1c1nc(Cc2ccccc2Br)no1. The topological polar surface area (TPSA) is 51.0 Å². The van der Waals surface area contributed by atoms with Crippen molar-refractivity contribution in [3.63, 3.8) is 0 Å². The van der Waals surface area contributed by atoms with Crippen LogP contribution in [0.2, 0.25) is 0 Å². The summed E-state index contributed by atoms with van der Waals surface area (Å²) in [4.78, 5) is 4.61. The van der Waals surface area contributed by atoms with Gasteiger partial charge in [0.05, 0.1) is 5.92 Å². The molecule has 21 heavy (non-hydrogen) atoms. The molecular formula is C15H18BrN3OS. The highest BCUT2D eigenvalue weighted by Gasteiger charge is 2.32. The number of likely N-dealkylation sites (N-methyl/N-ethyl adjacent to an activating group) is 1. The Labute approximate surface area is 137 Å². The van der Waals surface area contributed by atoms with Crippen LogP contribution >= 0.6 is 27.7 Å². The quantitative estimate of drug-likeness (QED) is 0.878. The minimum Gasteiger partial charge on any atom is -0.339 e. The van der Waals surface area contributed by atoms with Gasteiger partial charge in [-0.15, -0.1) is 0 Å². The van der Waals surface area contributed by atoms with Crippen molar-refractivity contribution in [1.82, 2.24) is 15.5 Å². The number of hydrogen-bond donors (Lipinski definition) is 1. The first kappa shape index (κ1) is 15.1. The predicted molar refractivity (Wildman–Crippen MR) is 88.8 cm³/mol. The highest BCUT2D eigenvalue weighted by molar-refractivity contribution is 9.10. The summed E-state index contributed by atoms with van der Waals surface area (Å²) in [5, 5.41) is 7.65. The average Bonchev–Trinajstić information content (AvgIpc) is 3.11. The lowest BCUT2D eigenvalue weighted by molar-refractivity contribution is 0.338. The highest BCUT2D eigenvalue weighted by Crippen LogP contribution is 2.32. The fourth-order valence-corrected chi connectivity index (χ4v) is 4.36. The number of rotatable bonds is 5. The van der Waals surface area contributed by atoms with Gasteiger partial charge in [0, 0.05) is 28.4 Å². The smallest absolute Gasteiger partial charge is 0.232 e. The third kappa shape index (κ3) is 3.49. The predicted octanol–water partition coefficient (Wildman–Crippen LogP) is 3.23. The first-order chi connectivity index (χ1) is 10.3. The van der Waals surface area contributed by atoms with E-state index in [-0.39, 0.29) is 0 Å². The second kappa shape index (κ2) is 6.94. The van der Waals surface area contributed by atoms with Crippen molar-refractivity contribution >= 4 is 27.7 Å². The van der Waals surface area contributed by atoms with Gasteiger partial charge in [0.2, 0.25) is 5.89 Å². The molecule has 0 radical (unpaired) electrons. The standard InChI is InChI=1S/C15H18BrN3OS/c1-2-17-13-9-21-8-11(13)15-18-14(19-20-15)7-10-5-3-4-6-12(10)16/h3-6,11,13,17H,2,7-9H2,1H3. The maximum Gasteiger partial charge on any atom is 0.232 e. The summed E-state index contributed by atoms with van der Waals surface area (Å²) in [5.41, 5.74) is 1.17. The van der Waals surface area contributed by atoms with Crippen LogP contribution in [0.25, 0.3) is 0 Å². The van der Waals surface area contributed by atoms with Gasteiger partial charge in [-0.2, -0.15) is 16.7 Å². The molecule has 2 heterocycles. The lowest BCUT2D eigenvalue weighted by Crippen LogP contribution is -2.34. The zero-order valence-corrected chi connectivity index (χ0v) is 14.3. The van der Waals surface area contributed by atoms with E-state index in [1.54, 1.807) is 0 Å². The van der Waals surface area contributed by atoms with Gasteiger partial charge in [-0.1, -0.05) is 46.2 Å². The normalized spacial score (nSPS) is 21.8. The van der Waals surface area contributed by atoms with Crippen LogP contribution in [0.1, 0.15) is 30.1 Å². The van der Waals surface area contributed by atoms with Crippen molar-refractivity contribution in [3.05, 3.63) is 46.0 Å². The molecule has 1 fully saturated rings. The van der Waals surface area contributed by atoms with E-state index >= 15 is 0 Å². The van der Waals surface area contributed by atoms with E-state index in [1.807, 2.05) is 30.0 Å². The number of hydrogen-bond acceptors (Lipinski definition) is 5. The summed E-state index contributed by atoms with van der Waals surface area (Å²) in [6, 6.07) is 8.58. The Morgan fingerprint density at radius 1 is 1.38 bits per heavy atom. The Balaban J connectivity index is 1.73. The maximum atomic E-state index is 5.51. The number of nitrogens with zero attached hydrogens (tertiary/aromatic N) is 2. The van der Waals surface area contributed by atoms with E-state index in [2.05, 4.69) is 44.4 Å². The molecule has 3 rings (SSSR count). The van der Waals surface area contributed by atoms with Gasteiger partial charge in [0.15, 0.2) is 5.82 Å². The molecule has 0 saturated carbocycles. The Hall–Kier alpha value is -0.850. The summed E-state index contributed by atoms with van der Waals surface area (Å²) in [6.07, 6.45) is 0.691. The third-order valence-electron chi connectivity index (χ3n) is 3.65. The average molecular weight is 368 g/mol. The van der Waals surface area contributed by atoms with Crippen molar-refractivity contribution < 1.29 is 4.52 Å². The van der Waals surface area contributed by atoms with Crippen molar-refractivity contribution in [3.8, 4) is 0 Å². The molecule has 0 amide bonds. The van der Waals surface area contributed by atoms with Crippen LogP contribution in [-0.2, 0) is 6.42 Å². The second-order valence-corrected chi connectivity index (χ2v) is 7.05. The Kier molecular flexibility index (Phi) is 4.98. The first-order valence-corrected chi connectivity index (χ1v) is 9.09. The van der Waals surface area contributed by atoms with E-state index in [9.17, 15) is 0 Å². The molecule has 0 aliphatic carbocycles. The molecule has 2 unspecified atom stereocenters. The number of nitrogens with one attached hydrogen (secondary N) is 1. The maximum absolute atomic E-state index is 5.51. The summed E-state index contributed by atoms with van der Waals surface area (Å²) in [6.45, 7) is 3.10.